The third-order valence-electron chi connectivity index (χ3n) is 2.53. The first-order chi connectivity index (χ1) is 8.66. The van der Waals surface area contributed by atoms with Gasteiger partial charge in [-0.15, -0.1) is 5.06 Å². The van der Waals surface area contributed by atoms with Crippen molar-refractivity contribution >= 4 is 11.9 Å². The van der Waals surface area contributed by atoms with E-state index < -0.39 is 11.9 Å². The van der Waals surface area contributed by atoms with Crippen LogP contribution >= 0.6 is 0 Å². The van der Waals surface area contributed by atoms with Crippen molar-refractivity contribution in [1.29, 1.82) is 0 Å². The van der Waals surface area contributed by atoms with Crippen LogP contribution in [0.1, 0.15) is 22.1 Å². The number of hydroxylamine groups is 2. The van der Waals surface area contributed by atoms with Crippen LogP contribution in [0.25, 0.3) is 0 Å². The summed E-state index contributed by atoms with van der Waals surface area (Å²) in [5.74, 6) is -1.63. The molecule has 1 aromatic rings. The number of aromatic carboxylic acids is 1. The topological polar surface area (TPSA) is 76.1 Å². The number of nitrogens with zero attached hydrogens (tertiary/aromatic N) is 1. The third kappa shape index (κ3) is 4.59. The Morgan fingerprint density at radius 1 is 1.26 bits per heavy atom. The molecule has 6 nitrogen and oxygen atoms in total. The van der Waals surface area contributed by atoms with Crippen molar-refractivity contribution in [2.24, 2.45) is 0 Å². The molecule has 0 aromatic heterocycles. The van der Waals surface area contributed by atoms with Crippen LogP contribution in [0.3, 0.4) is 0 Å². The fraction of sp³-hybridized carbons (Fsp3) is 0.333. The molecule has 2 rings (SSSR count). The van der Waals surface area contributed by atoms with Crippen molar-refractivity contribution in [3.8, 4) is 0 Å². The number of benzene rings is 1. The van der Waals surface area contributed by atoms with Crippen molar-refractivity contribution in [3.63, 3.8) is 0 Å². The molecule has 0 bridgehead atoms. The molecular weight excluding hydrogens is 261 g/mol. The minimum absolute atomic E-state index is 0. The van der Waals surface area contributed by atoms with E-state index in [1.807, 2.05) is 0 Å². The normalized spacial score (nSPS) is 15.4. The first kappa shape index (κ1) is 16.1. The Hall–Kier alpha value is -0.920. The first-order valence-electron chi connectivity index (χ1n) is 5.55. The van der Waals surface area contributed by atoms with Crippen LogP contribution in [0.15, 0.2) is 24.3 Å². The van der Waals surface area contributed by atoms with Gasteiger partial charge >= 0.3 is 41.5 Å². The summed E-state index contributed by atoms with van der Waals surface area (Å²) in [6, 6.07) is 5.76. The predicted octanol–water partition coefficient (Wildman–Crippen LogP) is -2.09. The molecule has 19 heavy (non-hydrogen) atoms. The van der Waals surface area contributed by atoms with E-state index in [1.54, 1.807) is 0 Å². The zero-order valence-electron chi connectivity index (χ0n) is 11.7. The van der Waals surface area contributed by atoms with Crippen molar-refractivity contribution in [3.05, 3.63) is 35.4 Å². The Labute approximate surface area is 134 Å². The smallest absolute Gasteiger partial charge is 1.00 e. The molecule has 1 aliphatic heterocycles. The quantitative estimate of drug-likeness (QED) is 0.637. The number of hydrogen-bond donors (Lipinski definition) is 1. The maximum atomic E-state index is 11.8. The number of morpholine rings is 1. The number of carbonyl (C=O) groups excluding carboxylic acids is 1. The maximum Gasteiger partial charge on any atom is 1.00 e. The zero-order valence-corrected chi connectivity index (χ0v) is 12.7. The number of ether oxygens (including phenoxy) is 1. The number of carboxylic acids is 1. The predicted molar refractivity (Wildman–Crippen MR) is 62.3 cm³/mol. The molecule has 0 radical (unpaired) electrons. The second-order valence-corrected chi connectivity index (χ2v) is 3.81. The molecule has 1 saturated heterocycles. The molecule has 1 aliphatic rings. The van der Waals surface area contributed by atoms with Crippen LogP contribution in [-0.4, -0.2) is 48.4 Å². The summed E-state index contributed by atoms with van der Waals surface area (Å²) in [6.45, 7) is 2.07. The van der Waals surface area contributed by atoms with E-state index in [4.69, 9.17) is 14.7 Å². The second kappa shape index (κ2) is 7.62. The van der Waals surface area contributed by atoms with E-state index in [1.165, 1.54) is 29.3 Å². The van der Waals surface area contributed by atoms with E-state index in [-0.39, 0.29) is 42.1 Å². The van der Waals surface area contributed by atoms with Crippen LogP contribution < -0.4 is 29.6 Å². The average Bonchev–Trinajstić information content (AvgIpc) is 2.40. The largest absolute Gasteiger partial charge is 1.00 e. The number of hydrogen-bond acceptors (Lipinski definition) is 5. The van der Waals surface area contributed by atoms with Gasteiger partial charge in [0, 0.05) is 0 Å². The number of rotatable bonds is 3. The summed E-state index contributed by atoms with van der Waals surface area (Å²) in [5.41, 5.74) is 0.285. The van der Waals surface area contributed by atoms with E-state index >= 15 is 0 Å². The Bertz CT molecular complexity index is 465. The van der Waals surface area contributed by atoms with Gasteiger partial charge in [0.2, 0.25) is 0 Å². The Morgan fingerprint density at radius 3 is 2.53 bits per heavy atom. The molecule has 98 valence electrons. The van der Waals surface area contributed by atoms with E-state index in [0.717, 1.165) is 0 Å². The summed E-state index contributed by atoms with van der Waals surface area (Å²) in [7, 11) is 0. The fourth-order valence-electron chi connectivity index (χ4n) is 1.59. The van der Waals surface area contributed by atoms with Crippen molar-refractivity contribution in [2.45, 2.75) is 0 Å². The first-order valence-corrected chi connectivity index (χ1v) is 5.55. The zero-order chi connectivity index (χ0) is 13.0. The van der Waals surface area contributed by atoms with Crippen molar-refractivity contribution in [1.82, 2.24) is 5.06 Å². The summed E-state index contributed by atoms with van der Waals surface area (Å²) in [5, 5.41) is 10.3. The van der Waals surface area contributed by atoms with Crippen molar-refractivity contribution < 1.29 is 55.3 Å². The summed E-state index contributed by atoms with van der Waals surface area (Å²) < 4.78 is 5.13. The van der Waals surface area contributed by atoms with E-state index in [2.05, 4.69) is 0 Å². The van der Waals surface area contributed by atoms with E-state index in [9.17, 15) is 9.59 Å². The molecule has 1 N–H and O–H groups in total. The molecular formula is C12H14NNaO5. The molecule has 0 unspecified atom stereocenters. The Kier molecular flexibility index (Phi) is 6.47. The van der Waals surface area contributed by atoms with Gasteiger partial charge in [-0.2, -0.15) is 0 Å². The monoisotopic (exact) mass is 275 g/mol. The standard InChI is InChI=1S/C12H13NO5.Na.H/c14-11(15)9-2-1-3-10(8-9)12(16)18-13-4-6-17-7-5-13;;/h1-3,8H,4-7H2,(H,14,15);;/q;+1;-1. The van der Waals surface area contributed by atoms with Crippen LogP contribution in [0.2, 0.25) is 0 Å². The van der Waals surface area contributed by atoms with E-state index in [0.29, 0.717) is 26.3 Å². The van der Waals surface area contributed by atoms with Crippen molar-refractivity contribution in [2.75, 3.05) is 26.3 Å². The van der Waals surface area contributed by atoms with Gasteiger partial charge in [0.25, 0.3) is 0 Å². The molecule has 7 heteroatoms. The summed E-state index contributed by atoms with van der Waals surface area (Å²) in [4.78, 5) is 27.7. The molecule has 1 heterocycles. The molecule has 0 atom stereocenters. The van der Waals surface area contributed by atoms with Gasteiger partial charge in [-0.3, -0.25) is 0 Å². The van der Waals surface area contributed by atoms with Crippen LogP contribution in [0.4, 0.5) is 0 Å². The minimum atomic E-state index is -1.07. The fourth-order valence-corrected chi connectivity index (χ4v) is 1.59. The molecule has 0 aliphatic carbocycles. The Morgan fingerprint density at radius 2 is 1.89 bits per heavy atom. The minimum Gasteiger partial charge on any atom is -1.00 e. The molecule has 1 aromatic carbocycles. The van der Waals surface area contributed by atoms with Gasteiger partial charge < -0.3 is 16.1 Å². The average molecular weight is 275 g/mol. The molecule has 1 fully saturated rings. The van der Waals surface area contributed by atoms with Gasteiger partial charge in [0.15, 0.2) is 0 Å². The SMILES string of the molecule is O=C(O)c1cccc(C(=O)ON2CCOCC2)c1.[H-].[Na+]. The van der Waals surface area contributed by atoms with Gasteiger partial charge in [-0.05, 0) is 18.2 Å². The summed E-state index contributed by atoms with van der Waals surface area (Å²) >= 11 is 0. The molecule has 0 saturated carbocycles. The maximum absolute atomic E-state index is 11.8. The Balaban J connectivity index is 0.00000180. The van der Waals surface area contributed by atoms with Gasteiger partial charge in [-0.1, -0.05) is 6.07 Å². The molecule has 0 amide bonds. The van der Waals surface area contributed by atoms with Crippen LogP contribution in [0.5, 0.6) is 0 Å². The van der Waals surface area contributed by atoms with Gasteiger partial charge in [0.05, 0.1) is 37.4 Å². The summed E-state index contributed by atoms with van der Waals surface area (Å²) in [6.07, 6.45) is 0. The number of carboxylic acid groups (broad SMARTS) is 1. The van der Waals surface area contributed by atoms with Crippen LogP contribution in [0, 0.1) is 0 Å². The van der Waals surface area contributed by atoms with Crippen LogP contribution in [-0.2, 0) is 9.57 Å². The third-order valence-corrected chi connectivity index (χ3v) is 2.53. The molecule has 0 spiro atoms. The number of carbonyl (C=O) groups is 2. The van der Waals surface area contributed by atoms with Gasteiger partial charge in [0.1, 0.15) is 0 Å². The van der Waals surface area contributed by atoms with Gasteiger partial charge in [-0.25, -0.2) is 9.59 Å². The second-order valence-electron chi connectivity index (χ2n) is 3.81.